The van der Waals surface area contributed by atoms with Crippen LogP contribution in [-0.4, -0.2) is 27.5 Å². The number of fused-ring (bicyclic) bond motifs is 8. The summed E-state index contributed by atoms with van der Waals surface area (Å²) < 4.78 is 5.44. The van der Waals surface area contributed by atoms with E-state index in [9.17, 15) is 4.79 Å². The molecule has 0 atom stereocenters. The summed E-state index contributed by atoms with van der Waals surface area (Å²) in [6.07, 6.45) is 3.98. The van der Waals surface area contributed by atoms with Gasteiger partial charge in [-0.05, 0) is 108 Å². The Kier molecular flexibility index (Phi) is 10.8. The maximum atomic E-state index is 13.0. The van der Waals surface area contributed by atoms with Gasteiger partial charge in [-0.2, -0.15) is 0 Å². The standard InChI is InChI=1S/C42H50N5O2.Ni/c1-12-27-22(7)34-19-38-29(14-3)24(9)40(47-38)31(17-32-25(10)39(26(11)43-32)42(48)49-16-5)41-30(15-4)23(8)35(46-41)20-37-28(13-2)21(6)33(44-37)18-36(27)45-34;/h18-20H,12-17H2,1-11H3,(H2-,43,44,45,46,47,48);/q-1;+2/p-1. The monoisotopic (exact) mass is 713 g/mol. The minimum absolute atomic E-state index is 0. The van der Waals surface area contributed by atoms with E-state index < -0.39 is 0 Å². The van der Waals surface area contributed by atoms with Crippen LogP contribution < -0.4 is 9.97 Å². The topological polar surface area (TPSA) is 96.1 Å². The molecule has 4 aromatic rings. The summed E-state index contributed by atoms with van der Waals surface area (Å²) in [6.45, 7) is 23.6. The molecule has 0 fully saturated rings. The predicted molar refractivity (Wildman–Crippen MR) is 202 cm³/mol. The van der Waals surface area contributed by atoms with E-state index in [0.717, 1.165) is 104 Å². The SMILES string of the molecule is CCOC(=O)c1c(C)[nH]c(Cc2c3nc(cc4[n-]c(cc5nc(cc6[n-]c2c(C)c6CC)C(C)=C5CC)c(C)c4CC)C(C)=C3CC)c1C.[Ni+2]. The van der Waals surface area contributed by atoms with Crippen molar-refractivity contribution < 1.29 is 26.0 Å². The molecule has 2 aliphatic heterocycles. The Morgan fingerprint density at radius 2 is 1.26 bits per heavy atom. The van der Waals surface area contributed by atoms with E-state index in [0.29, 0.717) is 18.6 Å². The molecule has 0 radical (unpaired) electrons. The zero-order chi connectivity index (χ0) is 35.3. The number of esters is 1. The molecule has 6 heterocycles. The van der Waals surface area contributed by atoms with E-state index in [1.807, 2.05) is 20.8 Å². The number of carbonyl (C=O) groups excluding carboxylic acids is 1. The number of aryl methyl sites for hydroxylation is 5. The average Bonchev–Trinajstić information content (AvgIpc) is 3.81. The van der Waals surface area contributed by atoms with Crippen LogP contribution in [0.4, 0.5) is 0 Å². The number of hydrogen-bond acceptors (Lipinski definition) is 4. The van der Waals surface area contributed by atoms with Gasteiger partial charge in [0.25, 0.3) is 0 Å². The van der Waals surface area contributed by atoms with Crippen LogP contribution in [0.15, 0.2) is 18.2 Å². The Labute approximate surface area is 306 Å². The van der Waals surface area contributed by atoms with Crippen LogP contribution in [0, 0.1) is 27.7 Å². The molecule has 6 rings (SSSR count). The minimum Gasteiger partial charge on any atom is -0.657 e. The van der Waals surface area contributed by atoms with Crippen molar-refractivity contribution in [3.05, 3.63) is 91.3 Å². The molecule has 8 bridgehead atoms. The van der Waals surface area contributed by atoms with Crippen molar-refractivity contribution in [2.75, 3.05) is 6.61 Å². The quantitative estimate of drug-likeness (QED) is 0.144. The maximum absolute atomic E-state index is 13.0. The van der Waals surface area contributed by atoms with E-state index in [1.165, 1.54) is 33.4 Å². The van der Waals surface area contributed by atoms with Crippen molar-refractivity contribution in [1.82, 2.24) is 24.9 Å². The summed E-state index contributed by atoms with van der Waals surface area (Å²) in [5.74, 6) is -0.298. The molecule has 0 aromatic carbocycles. The fourth-order valence-corrected chi connectivity index (χ4v) is 7.91. The third-order valence-electron chi connectivity index (χ3n) is 10.7. The number of H-pyrrole nitrogens is 1. The van der Waals surface area contributed by atoms with Crippen molar-refractivity contribution in [3.63, 3.8) is 0 Å². The Hall–Kier alpha value is -4.16. The van der Waals surface area contributed by atoms with Gasteiger partial charge in [0, 0.05) is 17.8 Å². The number of allylic oxidation sites excluding steroid dienone is 4. The molecule has 8 heteroatoms. The molecule has 0 saturated heterocycles. The van der Waals surface area contributed by atoms with Crippen LogP contribution >= 0.6 is 0 Å². The summed E-state index contributed by atoms with van der Waals surface area (Å²) in [7, 11) is 0. The molecule has 0 saturated carbocycles. The largest absolute Gasteiger partial charge is 2.00 e. The number of hydrogen-bond donors (Lipinski definition) is 1. The van der Waals surface area contributed by atoms with Gasteiger partial charge in [0.2, 0.25) is 0 Å². The van der Waals surface area contributed by atoms with Gasteiger partial charge in [0.1, 0.15) is 0 Å². The van der Waals surface area contributed by atoms with Gasteiger partial charge in [-0.25, -0.2) is 14.8 Å². The zero-order valence-corrected chi connectivity index (χ0v) is 32.4. The normalized spacial score (nSPS) is 12.9. The number of aromatic amines is 1. The van der Waals surface area contributed by atoms with E-state index >= 15 is 0 Å². The van der Waals surface area contributed by atoms with Crippen LogP contribution in [0.5, 0.6) is 0 Å². The average molecular weight is 715 g/mol. The van der Waals surface area contributed by atoms with Crippen LogP contribution in [-0.2, 0) is 40.5 Å². The predicted octanol–water partition coefficient (Wildman–Crippen LogP) is 9.71. The molecule has 4 aromatic heterocycles. The zero-order valence-electron chi connectivity index (χ0n) is 31.4. The van der Waals surface area contributed by atoms with Gasteiger partial charge in [-0.15, -0.1) is 22.1 Å². The second-order valence-corrected chi connectivity index (χ2v) is 13.3. The number of nitrogens with one attached hydrogen (secondary N) is 1. The third kappa shape index (κ3) is 6.10. The van der Waals surface area contributed by atoms with E-state index in [4.69, 9.17) is 24.7 Å². The van der Waals surface area contributed by atoms with Crippen molar-refractivity contribution >= 4 is 50.3 Å². The number of ether oxygens (including phenoxy) is 1. The van der Waals surface area contributed by atoms with Gasteiger partial charge >= 0.3 is 22.5 Å². The van der Waals surface area contributed by atoms with Gasteiger partial charge < -0.3 is 19.7 Å². The van der Waals surface area contributed by atoms with Crippen molar-refractivity contribution in [3.8, 4) is 0 Å². The van der Waals surface area contributed by atoms with Gasteiger partial charge in [0.05, 0.1) is 34.9 Å². The Morgan fingerprint density at radius 3 is 1.88 bits per heavy atom. The molecule has 1 N–H and O–H groups in total. The molecular weight excluding hydrogens is 665 g/mol. The molecule has 0 aliphatic carbocycles. The van der Waals surface area contributed by atoms with E-state index in [1.54, 1.807) is 0 Å². The van der Waals surface area contributed by atoms with Crippen LogP contribution in [0.2, 0.25) is 0 Å². The Morgan fingerprint density at radius 1 is 0.680 bits per heavy atom. The molecule has 0 spiro atoms. The molecule has 7 nitrogen and oxygen atoms in total. The first-order valence-corrected chi connectivity index (χ1v) is 17.9. The van der Waals surface area contributed by atoms with Crippen molar-refractivity contribution in [2.45, 2.75) is 108 Å². The van der Waals surface area contributed by atoms with Gasteiger partial charge in [0.15, 0.2) is 0 Å². The molecule has 0 unspecified atom stereocenters. The fraction of sp³-hybridized carbons (Fsp3) is 0.405. The maximum Gasteiger partial charge on any atom is 2.00 e. The van der Waals surface area contributed by atoms with Crippen LogP contribution in [0.25, 0.3) is 44.4 Å². The Balaban J connectivity index is 0.00000486. The van der Waals surface area contributed by atoms with E-state index in [-0.39, 0.29) is 22.5 Å². The summed E-state index contributed by atoms with van der Waals surface area (Å²) in [6, 6.07) is 6.51. The molecule has 264 valence electrons. The minimum atomic E-state index is -0.298. The summed E-state index contributed by atoms with van der Waals surface area (Å²) in [5, 5.41) is 0. The Bertz CT molecular complexity index is 2240. The number of aromatic nitrogens is 5. The third-order valence-corrected chi connectivity index (χ3v) is 10.7. The summed E-state index contributed by atoms with van der Waals surface area (Å²) in [4.78, 5) is 37.8. The smallest absolute Gasteiger partial charge is 0.657 e. The van der Waals surface area contributed by atoms with Gasteiger partial charge in [-0.3, -0.25) is 0 Å². The van der Waals surface area contributed by atoms with Crippen LogP contribution in [0.3, 0.4) is 0 Å². The second kappa shape index (κ2) is 14.6. The summed E-state index contributed by atoms with van der Waals surface area (Å²) >= 11 is 0. The van der Waals surface area contributed by atoms with Crippen molar-refractivity contribution in [1.29, 1.82) is 0 Å². The first kappa shape index (κ1) is 37.1. The first-order chi connectivity index (χ1) is 23.5. The second-order valence-electron chi connectivity index (χ2n) is 13.3. The summed E-state index contributed by atoms with van der Waals surface area (Å²) in [5.41, 5.74) is 21.6. The van der Waals surface area contributed by atoms with Gasteiger partial charge in [-0.1, -0.05) is 68.1 Å². The van der Waals surface area contributed by atoms with E-state index in [2.05, 4.69) is 78.6 Å². The molecule has 50 heavy (non-hydrogen) atoms. The fourth-order valence-electron chi connectivity index (χ4n) is 7.91. The number of nitrogens with zero attached hydrogens (tertiary/aromatic N) is 4. The molecule has 2 aliphatic rings. The van der Waals surface area contributed by atoms with Crippen molar-refractivity contribution in [2.24, 2.45) is 0 Å². The molecule has 0 amide bonds. The first-order valence-electron chi connectivity index (χ1n) is 17.9. The molecular formula is C42H49N5NiO2. The number of rotatable bonds is 8. The van der Waals surface area contributed by atoms with Crippen LogP contribution in [0.1, 0.15) is 139 Å². The number of carbonyl (C=O) groups is 1.